The fraction of sp³-hybridized carbons (Fsp3) is 0.941. The van der Waals surface area contributed by atoms with Gasteiger partial charge in [0.15, 0.2) is 0 Å². The number of carbonyl (C=O) groups is 1. The molecule has 118 valence electrons. The molecule has 1 atom stereocenters. The van der Waals surface area contributed by atoms with E-state index >= 15 is 0 Å². The molecule has 0 heterocycles. The normalized spacial score (nSPS) is 22.6. The Hall–Kier alpha value is -0.570. The van der Waals surface area contributed by atoms with Crippen molar-refractivity contribution < 1.29 is 4.79 Å². The first-order chi connectivity index (χ1) is 9.23. The number of hydrogen-bond acceptors (Lipinski definition) is 2. The van der Waals surface area contributed by atoms with Gasteiger partial charge in [0.1, 0.15) is 0 Å². The van der Waals surface area contributed by atoms with Crippen LogP contribution in [0.3, 0.4) is 0 Å². The van der Waals surface area contributed by atoms with E-state index < -0.39 is 0 Å². The van der Waals surface area contributed by atoms with Crippen LogP contribution in [-0.4, -0.2) is 30.4 Å². The van der Waals surface area contributed by atoms with Gasteiger partial charge in [0, 0.05) is 19.0 Å². The Bertz CT molecular complexity index is 323. The van der Waals surface area contributed by atoms with Crippen molar-refractivity contribution in [1.29, 1.82) is 0 Å². The topological polar surface area (TPSA) is 46.3 Å². The molecule has 3 heteroatoms. The summed E-state index contributed by atoms with van der Waals surface area (Å²) >= 11 is 0. The van der Waals surface area contributed by atoms with Crippen LogP contribution in [0.2, 0.25) is 0 Å². The molecule has 1 aliphatic carbocycles. The van der Waals surface area contributed by atoms with Gasteiger partial charge >= 0.3 is 0 Å². The average Bonchev–Trinajstić information content (AvgIpc) is 2.37. The fourth-order valence-electron chi connectivity index (χ4n) is 3.29. The highest BCUT2D eigenvalue weighted by molar-refractivity contribution is 5.79. The van der Waals surface area contributed by atoms with Crippen molar-refractivity contribution in [2.24, 2.45) is 22.5 Å². The van der Waals surface area contributed by atoms with E-state index in [0.29, 0.717) is 12.5 Å². The SMILES string of the molecule is CCCN(CC(C)(C)CN)C(=O)C1CCCCC1(C)C. The predicted octanol–water partition coefficient (Wildman–Crippen LogP) is 3.43. The molecule has 1 aliphatic rings. The first-order valence-electron chi connectivity index (χ1n) is 8.22. The summed E-state index contributed by atoms with van der Waals surface area (Å²) in [5, 5.41) is 0. The predicted molar refractivity (Wildman–Crippen MR) is 85.4 cm³/mol. The summed E-state index contributed by atoms with van der Waals surface area (Å²) in [6.07, 6.45) is 5.69. The van der Waals surface area contributed by atoms with Crippen LogP contribution in [0.25, 0.3) is 0 Å². The molecule has 0 aromatic rings. The van der Waals surface area contributed by atoms with Gasteiger partial charge in [0.05, 0.1) is 0 Å². The number of carbonyl (C=O) groups excluding carboxylic acids is 1. The van der Waals surface area contributed by atoms with E-state index in [-0.39, 0.29) is 16.7 Å². The molecule has 0 bridgehead atoms. The number of hydrogen-bond donors (Lipinski definition) is 1. The number of nitrogens with zero attached hydrogens (tertiary/aromatic N) is 1. The quantitative estimate of drug-likeness (QED) is 0.811. The van der Waals surface area contributed by atoms with Crippen LogP contribution in [0.15, 0.2) is 0 Å². The van der Waals surface area contributed by atoms with Gasteiger partial charge in [0.25, 0.3) is 0 Å². The molecule has 1 unspecified atom stereocenters. The van der Waals surface area contributed by atoms with Crippen molar-refractivity contribution in [3.63, 3.8) is 0 Å². The summed E-state index contributed by atoms with van der Waals surface area (Å²) in [6.45, 7) is 13.2. The number of nitrogens with two attached hydrogens (primary N) is 1. The summed E-state index contributed by atoms with van der Waals surface area (Å²) in [5.41, 5.74) is 6.00. The van der Waals surface area contributed by atoms with E-state index in [0.717, 1.165) is 25.9 Å². The van der Waals surface area contributed by atoms with Gasteiger partial charge in [-0.15, -0.1) is 0 Å². The Morgan fingerprint density at radius 2 is 2.00 bits per heavy atom. The molecule has 0 aromatic carbocycles. The molecular formula is C17H34N2O. The third kappa shape index (κ3) is 4.47. The van der Waals surface area contributed by atoms with Gasteiger partial charge in [0.2, 0.25) is 5.91 Å². The van der Waals surface area contributed by atoms with Gasteiger partial charge < -0.3 is 10.6 Å². The fourth-order valence-corrected chi connectivity index (χ4v) is 3.29. The molecule has 20 heavy (non-hydrogen) atoms. The molecule has 0 spiro atoms. The largest absolute Gasteiger partial charge is 0.342 e. The summed E-state index contributed by atoms with van der Waals surface area (Å²) in [5.74, 6) is 0.550. The highest BCUT2D eigenvalue weighted by Crippen LogP contribution is 2.41. The zero-order valence-electron chi connectivity index (χ0n) is 14.2. The van der Waals surface area contributed by atoms with E-state index in [1.165, 1.54) is 19.3 Å². The monoisotopic (exact) mass is 282 g/mol. The standard InChI is InChI=1S/C17H34N2O/c1-6-11-19(13-16(2,3)12-18)15(20)14-9-7-8-10-17(14,4)5/h14H,6-13,18H2,1-5H3. The van der Waals surface area contributed by atoms with E-state index in [4.69, 9.17) is 5.73 Å². The third-order valence-electron chi connectivity index (χ3n) is 4.78. The lowest BCUT2D eigenvalue weighted by Gasteiger charge is -2.42. The molecule has 1 rings (SSSR count). The lowest BCUT2D eigenvalue weighted by Crippen LogP contribution is -2.48. The van der Waals surface area contributed by atoms with Crippen molar-refractivity contribution in [3.8, 4) is 0 Å². The molecular weight excluding hydrogens is 248 g/mol. The van der Waals surface area contributed by atoms with Crippen LogP contribution >= 0.6 is 0 Å². The molecule has 1 saturated carbocycles. The summed E-state index contributed by atoms with van der Waals surface area (Å²) in [7, 11) is 0. The Morgan fingerprint density at radius 3 is 2.50 bits per heavy atom. The van der Waals surface area contributed by atoms with Crippen LogP contribution in [0.5, 0.6) is 0 Å². The van der Waals surface area contributed by atoms with Crippen molar-refractivity contribution in [3.05, 3.63) is 0 Å². The van der Waals surface area contributed by atoms with Crippen molar-refractivity contribution >= 4 is 5.91 Å². The Labute approximate surface area is 125 Å². The van der Waals surface area contributed by atoms with E-state index in [1.807, 2.05) is 0 Å². The van der Waals surface area contributed by atoms with Gasteiger partial charge in [-0.1, -0.05) is 47.5 Å². The highest BCUT2D eigenvalue weighted by atomic mass is 16.2. The smallest absolute Gasteiger partial charge is 0.226 e. The second-order valence-corrected chi connectivity index (χ2v) is 7.92. The second-order valence-electron chi connectivity index (χ2n) is 7.92. The van der Waals surface area contributed by atoms with Gasteiger partial charge in [-0.2, -0.15) is 0 Å². The Kier molecular flexibility index (Phi) is 6.06. The summed E-state index contributed by atoms with van der Waals surface area (Å²) in [4.78, 5) is 15.1. The van der Waals surface area contributed by atoms with Crippen molar-refractivity contribution in [2.75, 3.05) is 19.6 Å². The lowest BCUT2D eigenvalue weighted by molar-refractivity contribution is -0.142. The van der Waals surface area contributed by atoms with Crippen LogP contribution in [0.4, 0.5) is 0 Å². The molecule has 2 N–H and O–H groups in total. The maximum Gasteiger partial charge on any atom is 0.226 e. The van der Waals surface area contributed by atoms with Crippen molar-refractivity contribution in [1.82, 2.24) is 4.90 Å². The van der Waals surface area contributed by atoms with Crippen molar-refractivity contribution in [2.45, 2.75) is 66.7 Å². The van der Waals surface area contributed by atoms with Crippen LogP contribution in [-0.2, 0) is 4.79 Å². The van der Waals surface area contributed by atoms with E-state index in [9.17, 15) is 4.79 Å². The molecule has 1 fully saturated rings. The zero-order chi connectivity index (χ0) is 15.4. The second kappa shape index (κ2) is 6.93. The third-order valence-corrected chi connectivity index (χ3v) is 4.78. The maximum atomic E-state index is 13.0. The minimum absolute atomic E-state index is 0.00361. The van der Waals surface area contributed by atoms with E-state index in [1.54, 1.807) is 0 Å². The first kappa shape index (κ1) is 17.5. The minimum atomic E-state index is 0.00361. The molecule has 0 aromatic heterocycles. The summed E-state index contributed by atoms with van der Waals surface area (Å²) < 4.78 is 0. The molecule has 0 saturated heterocycles. The number of rotatable bonds is 6. The molecule has 1 amide bonds. The highest BCUT2D eigenvalue weighted by Gasteiger charge is 2.39. The minimum Gasteiger partial charge on any atom is -0.342 e. The van der Waals surface area contributed by atoms with Gasteiger partial charge in [-0.25, -0.2) is 0 Å². The average molecular weight is 282 g/mol. The van der Waals surface area contributed by atoms with Gasteiger partial charge in [-0.05, 0) is 36.6 Å². The van der Waals surface area contributed by atoms with Crippen LogP contribution < -0.4 is 5.73 Å². The Morgan fingerprint density at radius 1 is 1.35 bits per heavy atom. The van der Waals surface area contributed by atoms with Crippen LogP contribution in [0, 0.1) is 16.7 Å². The molecule has 3 nitrogen and oxygen atoms in total. The number of amides is 1. The maximum absolute atomic E-state index is 13.0. The lowest BCUT2D eigenvalue weighted by atomic mass is 9.68. The zero-order valence-corrected chi connectivity index (χ0v) is 14.2. The van der Waals surface area contributed by atoms with Gasteiger partial charge in [-0.3, -0.25) is 4.79 Å². The Balaban J connectivity index is 2.82. The summed E-state index contributed by atoms with van der Waals surface area (Å²) in [6, 6.07) is 0. The van der Waals surface area contributed by atoms with Crippen LogP contribution in [0.1, 0.15) is 66.7 Å². The van der Waals surface area contributed by atoms with E-state index in [2.05, 4.69) is 39.5 Å². The molecule has 0 radical (unpaired) electrons. The first-order valence-corrected chi connectivity index (χ1v) is 8.22. The molecule has 0 aliphatic heterocycles.